The van der Waals surface area contributed by atoms with Crippen LogP contribution in [0.1, 0.15) is 20.3 Å². The maximum atomic E-state index is 14.0. The van der Waals surface area contributed by atoms with E-state index in [1.807, 2.05) is 4.90 Å². The van der Waals surface area contributed by atoms with Gasteiger partial charge in [0.25, 0.3) is 0 Å². The van der Waals surface area contributed by atoms with Crippen molar-refractivity contribution in [3.63, 3.8) is 0 Å². The van der Waals surface area contributed by atoms with Crippen molar-refractivity contribution in [2.24, 2.45) is 10.9 Å². The summed E-state index contributed by atoms with van der Waals surface area (Å²) in [5, 5.41) is 6.83. The highest BCUT2D eigenvalue weighted by atomic mass is 19.1. The first-order valence-electron chi connectivity index (χ1n) is 10.2. The number of nitrogens with zero attached hydrogens (tertiary/aromatic N) is 4. The van der Waals surface area contributed by atoms with E-state index < -0.39 is 0 Å². The third kappa shape index (κ3) is 5.78. The number of anilines is 1. The summed E-state index contributed by atoms with van der Waals surface area (Å²) in [4.78, 5) is 13.0. The molecule has 0 saturated carbocycles. The van der Waals surface area contributed by atoms with Gasteiger partial charge in [0, 0.05) is 58.6 Å². The summed E-state index contributed by atoms with van der Waals surface area (Å²) in [6.07, 6.45) is 2.71. The van der Waals surface area contributed by atoms with Crippen molar-refractivity contribution >= 4 is 11.8 Å². The van der Waals surface area contributed by atoms with Crippen molar-refractivity contribution in [3.05, 3.63) is 24.1 Å². The molecule has 3 heterocycles. The minimum absolute atomic E-state index is 0.161. The smallest absolute Gasteiger partial charge is 0.191 e. The van der Waals surface area contributed by atoms with Gasteiger partial charge in [-0.2, -0.15) is 0 Å². The second-order valence-electron chi connectivity index (χ2n) is 7.98. The fourth-order valence-electron chi connectivity index (χ4n) is 3.87. The number of rotatable bonds is 6. The number of hydrogen-bond donors (Lipinski definition) is 2. The number of morpholine rings is 1. The Morgan fingerprint density at radius 3 is 3.00 bits per heavy atom. The Morgan fingerprint density at radius 1 is 1.39 bits per heavy atom. The highest BCUT2D eigenvalue weighted by Gasteiger charge is 2.26. The SMILES string of the molecule is CN=C(NCC1CN(CC(C)C)CCO1)NC1CCN(c2ncccc2F)C1. The van der Waals surface area contributed by atoms with Crippen LogP contribution in [0.25, 0.3) is 0 Å². The van der Waals surface area contributed by atoms with Crippen LogP contribution in [0, 0.1) is 11.7 Å². The molecule has 2 fully saturated rings. The summed E-state index contributed by atoms with van der Waals surface area (Å²) in [6, 6.07) is 3.28. The van der Waals surface area contributed by atoms with Crippen molar-refractivity contribution < 1.29 is 9.13 Å². The Balaban J connectivity index is 1.44. The Kier molecular flexibility index (Phi) is 7.44. The number of guanidine groups is 1. The molecule has 0 aliphatic carbocycles. The molecule has 1 aromatic rings. The molecule has 7 nitrogen and oxygen atoms in total. The van der Waals surface area contributed by atoms with Gasteiger partial charge < -0.3 is 20.3 Å². The molecule has 2 unspecified atom stereocenters. The summed E-state index contributed by atoms with van der Waals surface area (Å²) in [5.74, 6) is 1.58. The monoisotopic (exact) mass is 392 g/mol. The fourth-order valence-corrected chi connectivity index (χ4v) is 3.87. The van der Waals surface area contributed by atoms with Gasteiger partial charge in [-0.05, 0) is 24.5 Å². The first kappa shape index (κ1) is 20.8. The van der Waals surface area contributed by atoms with Gasteiger partial charge in [-0.1, -0.05) is 13.8 Å². The number of pyridine rings is 1. The van der Waals surface area contributed by atoms with Crippen molar-refractivity contribution in [2.45, 2.75) is 32.4 Å². The lowest BCUT2D eigenvalue weighted by Crippen LogP contribution is -2.51. The predicted octanol–water partition coefficient (Wildman–Crippen LogP) is 1.32. The van der Waals surface area contributed by atoms with Crippen LogP contribution in [-0.4, -0.2) is 80.9 Å². The molecular weight excluding hydrogens is 359 g/mol. The van der Waals surface area contributed by atoms with Crippen LogP contribution in [-0.2, 0) is 4.74 Å². The summed E-state index contributed by atoms with van der Waals surface area (Å²) in [7, 11) is 1.77. The highest BCUT2D eigenvalue weighted by molar-refractivity contribution is 5.80. The maximum absolute atomic E-state index is 14.0. The predicted molar refractivity (Wildman–Crippen MR) is 110 cm³/mol. The van der Waals surface area contributed by atoms with Crippen molar-refractivity contribution in [1.82, 2.24) is 20.5 Å². The van der Waals surface area contributed by atoms with Crippen molar-refractivity contribution in [2.75, 3.05) is 57.8 Å². The Bertz CT molecular complexity index is 655. The van der Waals surface area contributed by atoms with Crippen LogP contribution in [0.4, 0.5) is 10.2 Å². The molecule has 0 amide bonds. The largest absolute Gasteiger partial charge is 0.374 e. The number of aliphatic imine (C=N–C) groups is 1. The molecule has 2 saturated heterocycles. The standard InChI is InChI=1S/C20H33FN6O/c1-15(2)12-26-9-10-28-17(14-26)11-24-20(22-3)25-16-6-8-27(13-16)19-18(21)5-4-7-23-19/h4-5,7,15-17H,6,8-14H2,1-3H3,(H2,22,24,25). The minimum Gasteiger partial charge on any atom is -0.374 e. The molecule has 2 aliphatic heterocycles. The van der Waals surface area contributed by atoms with E-state index in [9.17, 15) is 4.39 Å². The molecular formula is C20H33FN6O. The summed E-state index contributed by atoms with van der Waals surface area (Å²) in [5.41, 5.74) is 0. The quantitative estimate of drug-likeness (QED) is 0.562. The summed E-state index contributed by atoms with van der Waals surface area (Å²) >= 11 is 0. The number of aromatic nitrogens is 1. The molecule has 1 aromatic heterocycles. The molecule has 2 atom stereocenters. The second-order valence-corrected chi connectivity index (χ2v) is 7.98. The Labute approximate surface area is 167 Å². The summed E-state index contributed by atoms with van der Waals surface area (Å²) < 4.78 is 19.9. The molecule has 0 bridgehead atoms. The molecule has 2 aliphatic rings. The van der Waals surface area contributed by atoms with E-state index in [0.29, 0.717) is 18.3 Å². The van der Waals surface area contributed by atoms with Crippen molar-refractivity contribution in [3.8, 4) is 0 Å². The van der Waals surface area contributed by atoms with Gasteiger partial charge in [0.1, 0.15) is 0 Å². The van der Waals surface area contributed by atoms with Gasteiger partial charge in [-0.25, -0.2) is 9.37 Å². The van der Waals surface area contributed by atoms with Gasteiger partial charge in [-0.3, -0.25) is 9.89 Å². The van der Waals surface area contributed by atoms with Crippen LogP contribution >= 0.6 is 0 Å². The van der Waals surface area contributed by atoms with E-state index in [1.54, 1.807) is 19.3 Å². The van der Waals surface area contributed by atoms with E-state index in [-0.39, 0.29) is 18.0 Å². The molecule has 2 N–H and O–H groups in total. The molecule has 28 heavy (non-hydrogen) atoms. The average molecular weight is 393 g/mol. The van der Waals surface area contributed by atoms with Gasteiger partial charge >= 0.3 is 0 Å². The maximum Gasteiger partial charge on any atom is 0.191 e. The number of halogens is 1. The van der Waals surface area contributed by atoms with Crippen LogP contribution in [0.2, 0.25) is 0 Å². The number of hydrogen-bond acceptors (Lipinski definition) is 5. The number of ether oxygens (including phenoxy) is 1. The molecule has 156 valence electrons. The van der Waals surface area contributed by atoms with Gasteiger partial charge in [-0.15, -0.1) is 0 Å². The van der Waals surface area contributed by atoms with Gasteiger partial charge in [0.2, 0.25) is 0 Å². The lowest BCUT2D eigenvalue weighted by Gasteiger charge is -2.34. The molecule has 3 rings (SSSR count). The first-order valence-corrected chi connectivity index (χ1v) is 10.2. The molecule has 8 heteroatoms. The Morgan fingerprint density at radius 2 is 2.25 bits per heavy atom. The van der Waals surface area contributed by atoms with Crippen LogP contribution < -0.4 is 15.5 Å². The lowest BCUT2D eigenvalue weighted by atomic mass is 10.2. The zero-order chi connectivity index (χ0) is 19.9. The number of nitrogens with one attached hydrogen (secondary N) is 2. The second kappa shape index (κ2) is 10.0. The molecule has 0 aromatic carbocycles. The minimum atomic E-state index is -0.272. The lowest BCUT2D eigenvalue weighted by molar-refractivity contribution is -0.0284. The highest BCUT2D eigenvalue weighted by Crippen LogP contribution is 2.20. The fraction of sp³-hybridized carbons (Fsp3) is 0.700. The van der Waals surface area contributed by atoms with E-state index in [4.69, 9.17) is 4.74 Å². The Hall–Kier alpha value is -1.93. The van der Waals surface area contributed by atoms with E-state index in [1.165, 1.54) is 6.07 Å². The van der Waals surface area contributed by atoms with E-state index >= 15 is 0 Å². The van der Waals surface area contributed by atoms with Crippen LogP contribution in [0.5, 0.6) is 0 Å². The average Bonchev–Trinajstić information content (AvgIpc) is 3.13. The third-order valence-electron chi connectivity index (χ3n) is 5.13. The topological polar surface area (TPSA) is 65.0 Å². The van der Waals surface area contributed by atoms with Gasteiger partial charge in [0.15, 0.2) is 17.6 Å². The summed E-state index contributed by atoms with van der Waals surface area (Å²) in [6.45, 7) is 10.5. The van der Waals surface area contributed by atoms with Gasteiger partial charge in [0.05, 0.1) is 12.7 Å². The van der Waals surface area contributed by atoms with E-state index in [2.05, 4.69) is 39.4 Å². The van der Waals surface area contributed by atoms with E-state index in [0.717, 1.165) is 51.7 Å². The molecule has 0 radical (unpaired) electrons. The van der Waals surface area contributed by atoms with Crippen LogP contribution in [0.15, 0.2) is 23.3 Å². The normalized spacial score (nSPS) is 24.0. The zero-order valence-corrected chi connectivity index (χ0v) is 17.2. The van der Waals surface area contributed by atoms with Crippen molar-refractivity contribution in [1.29, 1.82) is 0 Å². The zero-order valence-electron chi connectivity index (χ0n) is 17.2. The first-order chi connectivity index (χ1) is 13.5. The molecule has 0 spiro atoms. The van der Waals surface area contributed by atoms with Crippen LogP contribution in [0.3, 0.4) is 0 Å². The third-order valence-corrected chi connectivity index (χ3v) is 5.13.